The van der Waals surface area contributed by atoms with E-state index in [0.29, 0.717) is 37.0 Å². The molecule has 0 spiro atoms. The van der Waals surface area contributed by atoms with Gasteiger partial charge in [-0.3, -0.25) is 14.5 Å². The second-order valence-electron chi connectivity index (χ2n) is 9.24. The number of hydrogen-bond acceptors (Lipinski definition) is 8. The molecular formula is C22H26FN7O4. The van der Waals surface area contributed by atoms with Gasteiger partial charge in [0.05, 0.1) is 11.1 Å². The molecule has 0 bridgehead atoms. The normalized spacial score (nSPS) is 18.5. The van der Waals surface area contributed by atoms with E-state index in [0.717, 1.165) is 6.20 Å². The van der Waals surface area contributed by atoms with Crippen LogP contribution >= 0.6 is 0 Å². The zero-order valence-electron chi connectivity index (χ0n) is 19.1. The third kappa shape index (κ3) is 5.38. The Kier molecular flexibility index (Phi) is 6.31. The van der Waals surface area contributed by atoms with Gasteiger partial charge in [-0.1, -0.05) is 0 Å². The highest BCUT2D eigenvalue weighted by molar-refractivity contribution is 5.68. The number of nitrogens with zero attached hydrogens (tertiary/aromatic N) is 5. The van der Waals surface area contributed by atoms with Crippen LogP contribution in [0.1, 0.15) is 46.5 Å². The first-order chi connectivity index (χ1) is 16.1. The maximum atomic E-state index is 13.7. The summed E-state index contributed by atoms with van der Waals surface area (Å²) in [7, 11) is 0. The van der Waals surface area contributed by atoms with Gasteiger partial charge in [-0.25, -0.2) is 24.1 Å². The summed E-state index contributed by atoms with van der Waals surface area (Å²) in [6, 6.07) is 2.71. The van der Waals surface area contributed by atoms with Crippen LogP contribution in [0.2, 0.25) is 0 Å². The summed E-state index contributed by atoms with van der Waals surface area (Å²) < 4.78 is 20.5. The maximum absolute atomic E-state index is 13.7. The van der Waals surface area contributed by atoms with Gasteiger partial charge in [0.15, 0.2) is 5.82 Å². The van der Waals surface area contributed by atoms with Crippen LogP contribution in [0.4, 0.5) is 20.7 Å². The van der Waals surface area contributed by atoms with Gasteiger partial charge in [-0.2, -0.15) is 0 Å². The molecule has 12 heteroatoms. The number of fused-ring (bicyclic) bond motifs is 1. The molecule has 1 saturated carbocycles. The van der Waals surface area contributed by atoms with Crippen LogP contribution in [0.15, 0.2) is 30.7 Å². The van der Waals surface area contributed by atoms with Crippen molar-refractivity contribution in [3.8, 4) is 11.5 Å². The molecule has 0 atom stereocenters. The van der Waals surface area contributed by atoms with Crippen molar-refractivity contribution in [2.24, 2.45) is 0 Å². The van der Waals surface area contributed by atoms with Crippen LogP contribution in [0, 0.1) is 15.9 Å². The molecule has 0 aliphatic heterocycles. The summed E-state index contributed by atoms with van der Waals surface area (Å²) in [5.74, 6) is -0.180. The molecule has 0 aromatic carbocycles. The summed E-state index contributed by atoms with van der Waals surface area (Å²) in [6.45, 7) is 5.42. The van der Waals surface area contributed by atoms with E-state index >= 15 is 0 Å². The number of halogens is 1. The van der Waals surface area contributed by atoms with Gasteiger partial charge in [0.2, 0.25) is 5.82 Å². The number of pyridine rings is 1. The van der Waals surface area contributed by atoms with E-state index in [-0.39, 0.29) is 29.4 Å². The minimum absolute atomic E-state index is 0.0306. The van der Waals surface area contributed by atoms with Crippen molar-refractivity contribution in [2.45, 2.75) is 64.1 Å². The van der Waals surface area contributed by atoms with Crippen molar-refractivity contribution >= 4 is 23.2 Å². The lowest BCUT2D eigenvalue weighted by Gasteiger charge is -2.30. The molecule has 34 heavy (non-hydrogen) atoms. The fraction of sp³-hybridized carbons (Fsp3) is 0.455. The Labute approximate surface area is 194 Å². The van der Waals surface area contributed by atoms with E-state index in [1.165, 1.54) is 28.9 Å². The number of nitro groups is 1. The maximum Gasteiger partial charge on any atom is 0.407 e. The Hall–Kier alpha value is -3.83. The van der Waals surface area contributed by atoms with Crippen molar-refractivity contribution in [1.82, 2.24) is 24.7 Å². The molecule has 0 saturated heterocycles. The second-order valence-corrected chi connectivity index (χ2v) is 9.24. The van der Waals surface area contributed by atoms with Crippen LogP contribution in [0.3, 0.4) is 0 Å². The third-order valence-electron chi connectivity index (χ3n) is 5.45. The Morgan fingerprint density at radius 1 is 1.18 bits per heavy atom. The number of hydrogen-bond donors (Lipinski definition) is 2. The molecule has 2 N–H and O–H groups in total. The van der Waals surface area contributed by atoms with E-state index < -0.39 is 22.4 Å². The fourth-order valence-electron chi connectivity index (χ4n) is 3.91. The Bertz CT molecular complexity index is 1220. The number of carbonyl (C=O) groups excluding carboxylic acids is 1. The molecule has 0 unspecified atom stereocenters. The smallest absolute Gasteiger partial charge is 0.407 e. The largest absolute Gasteiger partial charge is 0.444 e. The highest BCUT2D eigenvalue weighted by Crippen LogP contribution is 2.29. The number of rotatable bonds is 5. The molecule has 180 valence electrons. The number of nitrogens with one attached hydrogen (secondary N) is 2. The van der Waals surface area contributed by atoms with E-state index in [9.17, 15) is 19.3 Å². The number of amides is 1. The highest BCUT2D eigenvalue weighted by Gasteiger charge is 2.27. The SMILES string of the molecule is CC(C)(C)OC(=O)N[C@H]1CC[C@H](Nc2nc(-c3cnc4ccc(F)cn34)ncc2[N+](=O)[O-])CC1. The molecule has 3 aromatic heterocycles. The van der Waals surface area contributed by atoms with Crippen molar-refractivity contribution in [3.63, 3.8) is 0 Å². The lowest BCUT2D eigenvalue weighted by atomic mass is 9.91. The summed E-state index contributed by atoms with van der Waals surface area (Å²) in [5, 5.41) is 17.6. The monoisotopic (exact) mass is 471 g/mol. The molecular weight excluding hydrogens is 445 g/mol. The zero-order valence-corrected chi connectivity index (χ0v) is 19.1. The topological polar surface area (TPSA) is 137 Å². The molecule has 11 nitrogen and oxygen atoms in total. The average Bonchev–Trinajstić information content (AvgIpc) is 3.16. The molecule has 1 amide bonds. The van der Waals surface area contributed by atoms with Gasteiger partial charge >= 0.3 is 11.8 Å². The fourth-order valence-corrected chi connectivity index (χ4v) is 3.91. The minimum Gasteiger partial charge on any atom is -0.444 e. The van der Waals surface area contributed by atoms with E-state index in [1.54, 1.807) is 20.8 Å². The summed E-state index contributed by atoms with van der Waals surface area (Å²) in [6.07, 6.45) is 6.17. The average molecular weight is 471 g/mol. The van der Waals surface area contributed by atoms with Crippen molar-refractivity contribution in [3.05, 3.63) is 46.7 Å². The minimum atomic E-state index is -0.570. The van der Waals surface area contributed by atoms with Crippen LogP contribution < -0.4 is 10.6 Å². The van der Waals surface area contributed by atoms with Crippen molar-refractivity contribution in [1.29, 1.82) is 0 Å². The quantitative estimate of drug-likeness (QED) is 0.419. The van der Waals surface area contributed by atoms with Gasteiger partial charge in [0.1, 0.15) is 29.0 Å². The van der Waals surface area contributed by atoms with Crippen LogP contribution in [0.25, 0.3) is 17.2 Å². The van der Waals surface area contributed by atoms with Crippen LogP contribution in [-0.4, -0.2) is 48.1 Å². The lowest BCUT2D eigenvalue weighted by molar-refractivity contribution is -0.384. The number of ether oxygens (including phenoxy) is 1. The molecule has 1 fully saturated rings. The van der Waals surface area contributed by atoms with E-state index in [4.69, 9.17) is 4.74 Å². The number of imidazole rings is 1. The first-order valence-corrected chi connectivity index (χ1v) is 11.0. The predicted molar refractivity (Wildman–Crippen MR) is 122 cm³/mol. The van der Waals surface area contributed by atoms with Crippen molar-refractivity contribution < 1.29 is 18.8 Å². The van der Waals surface area contributed by atoms with Gasteiger partial charge in [0.25, 0.3) is 0 Å². The lowest BCUT2D eigenvalue weighted by Crippen LogP contribution is -2.42. The van der Waals surface area contributed by atoms with Gasteiger partial charge < -0.3 is 15.4 Å². The second kappa shape index (κ2) is 9.20. The number of alkyl carbamates (subject to hydrolysis) is 1. The van der Waals surface area contributed by atoms with Crippen molar-refractivity contribution in [2.75, 3.05) is 5.32 Å². The standard InChI is InChI=1S/C22H26FN7O4/c1-22(2,3)34-21(31)27-15-7-5-14(6-8-15)26-20-17(30(32)33)11-25-19(28-20)16-10-24-18-9-4-13(23)12-29(16)18/h4,9-12,14-15H,5-8H2,1-3H3,(H,27,31)(H,25,26,28)/t14-,15-. The van der Waals surface area contributed by atoms with Gasteiger partial charge in [-0.15, -0.1) is 0 Å². The molecule has 1 aliphatic carbocycles. The molecule has 0 radical (unpaired) electrons. The van der Waals surface area contributed by atoms with Crippen LogP contribution in [-0.2, 0) is 4.74 Å². The van der Waals surface area contributed by atoms with Crippen LogP contribution in [0.5, 0.6) is 0 Å². The molecule has 4 rings (SSSR count). The number of aromatic nitrogens is 4. The molecule has 1 aliphatic rings. The zero-order chi connectivity index (χ0) is 24.5. The summed E-state index contributed by atoms with van der Waals surface area (Å²) >= 11 is 0. The Morgan fingerprint density at radius 3 is 2.56 bits per heavy atom. The predicted octanol–water partition coefficient (Wildman–Crippen LogP) is 4.09. The molecule has 3 heterocycles. The number of anilines is 1. The summed E-state index contributed by atoms with van der Waals surface area (Å²) in [5.41, 5.74) is 0.0955. The van der Waals surface area contributed by atoms with E-state index in [2.05, 4.69) is 25.6 Å². The first kappa shape index (κ1) is 23.3. The highest BCUT2D eigenvalue weighted by atomic mass is 19.1. The van der Waals surface area contributed by atoms with E-state index in [1.807, 2.05) is 0 Å². The van der Waals surface area contributed by atoms with Gasteiger partial charge in [-0.05, 0) is 58.6 Å². The van der Waals surface area contributed by atoms with Gasteiger partial charge in [0, 0.05) is 18.3 Å². The molecule has 3 aromatic rings. The summed E-state index contributed by atoms with van der Waals surface area (Å²) in [4.78, 5) is 35.7. The first-order valence-electron chi connectivity index (χ1n) is 11.0. The Morgan fingerprint density at radius 2 is 1.88 bits per heavy atom. The number of carbonyl (C=O) groups is 1. The Balaban J connectivity index is 1.48. The third-order valence-corrected chi connectivity index (χ3v) is 5.45.